The Morgan fingerprint density at radius 2 is 1.65 bits per heavy atom. The van der Waals surface area contributed by atoms with Gasteiger partial charge in [-0.05, 0) is 43.2 Å². The van der Waals surface area contributed by atoms with Crippen LogP contribution in [0.4, 0.5) is 0 Å². The van der Waals surface area contributed by atoms with Gasteiger partial charge in [-0.1, -0.05) is 18.2 Å². The van der Waals surface area contributed by atoms with Crippen molar-refractivity contribution < 1.29 is 23.8 Å². The van der Waals surface area contributed by atoms with Crippen molar-refractivity contribution in [2.45, 2.75) is 32.9 Å². The number of carbonyl (C=O) groups is 2. The van der Waals surface area contributed by atoms with Gasteiger partial charge in [0.2, 0.25) is 11.7 Å². The Hall–Kier alpha value is -3.22. The van der Waals surface area contributed by atoms with Crippen LogP contribution in [0.1, 0.15) is 47.8 Å². The molecule has 2 aromatic rings. The zero-order valence-electron chi connectivity index (χ0n) is 18.8. The maximum absolute atomic E-state index is 13.2. The van der Waals surface area contributed by atoms with Crippen molar-refractivity contribution in [1.82, 2.24) is 9.80 Å². The highest BCUT2D eigenvalue weighted by atomic mass is 16.5. The number of amides is 2. The summed E-state index contributed by atoms with van der Waals surface area (Å²) in [6, 6.07) is 10.7. The number of rotatable bonds is 9. The Bertz CT molecular complexity index is 930. The van der Waals surface area contributed by atoms with Gasteiger partial charge in [0.15, 0.2) is 11.5 Å². The lowest BCUT2D eigenvalue weighted by molar-refractivity contribution is -0.132. The molecule has 1 aliphatic heterocycles. The van der Waals surface area contributed by atoms with Crippen molar-refractivity contribution in [3.05, 3.63) is 53.1 Å². The zero-order valence-corrected chi connectivity index (χ0v) is 18.8. The lowest BCUT2D eigenvalue weighted by atomic mass is 9.99. The van der Waals surface area contributed by atoms with Crippen LogP contribution in [0.5, 0.6) is 17.2 Å². The predicted octanol–water partition coefficient (Wildman–Crippen LogP) is 3.67. The molecule has 1 heterocycles. The van der Waals surface area contributed by atoms with E-state index >= 15 is 0 Å². The largest absolute Gasteiger partial charge is 0.493 e. The summed E-state index contributed by atoms with van der Waals surface area (Å²) in [4.78, 5) is 29.8. The molecule has 0 bridgehead atoms. The first-order valence-electron chi connectivity index (χ1n) is 10.4. The van der Waals surface area contributed by atoms with Gasteiger partial charge in [-0.2, -0.15) is 0 Å². The number of fused-ring (bicyclic) bond motifs is 1. The lowest BCUT2D eigenvalue weighted by Crippen LogP contribution is -2.36. The summed E-state index contributed by atoms with van der Waals surface area (Å²) < 4.78 is 16.5. The van der Waals surface area contributed by atoms with E-state index in [0.717, 1.165) is 11.1 Å². The van der Waals surface area contributed by atoms with E-state index in [1.54, 1.807) is 31.1 Å². The zero-order chi connectivity index (χ0) is 22.5. The van der Waals surface area contributed by atoms with Gasteiger partial charge in [0, 0.05) is 25.2 Å². The van der Waals surface area contributed by atoms with Crippen LogP contribution in [0, 0.1) is 0 Å². The van der Waals surface area contributed by atoms with Crippen LogP contribution >= 0.6 is 0 Å². The molecule has 2 amide bonds. The first kappa shape index (κ1) is 22.5. The third-order valence-electron chi connectivity index (χ3n) is 5.78. The molecule has 3 rings (SSSR count). The molecule has 0 spiro atoms. The van der Waals surface area contributed by atoms with Crippen molar-refractivity contribution in [3.8, 4) is 17.2 Å². The van der Waals surface area contributed by atoms with Crippen LogP contribution in [-0.2, 0) is 11.3 Å². The van der Waals surface area contributed by atoms with Crippen LogP contribution < -0.4 is 14.2 Å². The van der Waals surface area contributed by atoms with E-state index in [1.165, 1.54) is 0 Å². The standard InChI is InChI=1S/C24H30N2O5/c1-6-25(7-2)22(27)14-19(26-15-16-10-8-9-11-18(16)24(26)28)17-12-20(29-3)23(31-5)21(13-17)30-4/h8-13,19H,6-7,14-15H2,1-5H3/t19-/m1/s1. The van der Waals surface area contributed by atoms with Gasteiger partial charge in [0.25, 0.3) is 5.91 Å². The van der Waals surface area contributed by atoms with E-state index < -0.39 is 6.04 Å². The number of methoxy groups -OCH3 is 3. The molecular weight excluding hydrogens is 396 g/mol. The molecule has 1 aliphatic rings. The van der Waals surface area contributed by atoms with Gasteiger partial charge < -0.3 is 24.0 Å². The van der Waals surface area contributed by atoms with Crippen molar-refractivity contribution >= 4 is 11.8 Å². The second-order valence-electron chi connectivity index (χ2n) is 7.33. The number of carbonyl (C=O) groups excluding carboxylic acids is 2. The van der Waals surface area contributed by atoms with E-state index in [-0.39, 0.29) is 18.2 Å². The van der Waals surface area contributed by atoms with E-state index in [9.17, 15) is 9.59 Å². The van der Waals surface area contributed by atoms with Crippen LogP contribution in [0.25, 0.3) is 0 Å². The fourth-order valence-electron chi connectivity index (χ4n) is 4.10. The average molecular weight is 427 g/mol. The van der Waals surface area contributed by atoms with Gasteiger partial charge in [0.1, 0.15) is 0 Å². The fraction of sp³-hybridized carbons (Fsp3) is 0.417. The van der Waals surface area contributed by atoms with Crippen LogP contribution in [-0.4, -0.2) is 56.0 Å². The molecule has 31 heavy (non-hydrogen) atoms. The van der Waals surface area contributed by atoms with Crippen molar-refractivity contribution in [2.75, 3.05) is 34.4 Å². The topological polar surface area (TPSA) is 68.3 Å². The summed E-state index contributed by atoms with van der Waals surface area (Å²) in [6.07, 6.45) is 0.167. The number of hydrogen-bond acceptors (Lipinski definition) is 5. The SMILES string of the molecule is CCN(CC)C(=O)C[C@H](c1cc(OC)c(OC)c(OC)c1)N1Cc2ccccc2C1=O. The van der Waals surface area contributed by atoms with E-state index in [4.69, 9.17) is 14.2 Å². The Kier molecular flexibility index (Phi) is 7.05. The molecule has 0 radical (unpaired) electrons. The fourth-order valence-corrected chi connectivity index (χ4v) is 4.10. The molecule has 1 atom stereocenters. The monoisotopic (exact) mass is 426 g/mol. The van der Waals surface area contributed by atoms with Gasteiger partial charge in [0.05, 0.1) is 33.8 Å². The normalized spacial score (nSPS) is 13.6. The maximum atomic E-state index is 13.2. The van der Waals surface area contributed by atoms with Crippen molar-refractivity contribution in [1.29, 1.82) is 0 Å². The van der Waals surface area contributed by atoms with Gasteiger partial charge in [-0.3, -0.25) is 9.59 Å². The highest BCUT2D eigenvalue weighted by Crippen LogP contribution is 2.43. The third-order valence-corrected chi connectivity index (χ3v) is 5.78. The molecule has 166 valence electrons. The van der Waals surface area contributed by atoms with Gasteiger partial charge >= 0.3 is 0 Å². The number of nitrogens with zero attached hydrogens (tertiary/aromatic N) is 2. The molecule has 7 heteroatoms. The number of ether oxygens (including phenoxy) is 3. The third kappa shape index (κ3) is 4.31. The second-order valence-corrected chi connectivity index (χ2v) is 7.33. The highest BCUT2D eigenvalue weighted by molar-refractivity contribution is 5.99. The predicted molar refractivity (Wildman–Crippen MR) is 118 cm³/mol. The Balaban J connectivity index is 2.07. The summed E-state index contributed by atoms with van der Waals surface area (Å²) in [5.41, 5.74) is 2.40. The van der Waals surface area contributed by atoms with Crippen LogP contribution in [0.3, 0.4) is 0 Å². The lowest BCUT2D eigenvalue weighted by Gasteiger charge is -2.31. The smallest absolute Gasteiger partial charge is 0.255 e. The summed E-state index contributed by atoms with van der Waals surface area (Å²) in [5.74, 6) is 1.36. The Labute approximate surface area is 183 Å². The molecular formula is C24H30N2O5. The van der Waals surface area contributed by atoms with Crippen molar-refractivity contribution in [3.63, 3.8) is 0 Å². The Morgan fingerprint density at radius 3 is 2.16 bits per heavy atom. The quantitative estimate of drug-likeness (QED) is 0.612. The molecule has 7 nitrogen and oxygen atoms in total. The minimum absolute atomic E-state index is 0.00694. The number of hydrogen-bond donors (Lipinski definition) is 0. The molecule has 0 unspecified atom stereocenters. The maximum Gasteiger partial charge on any atom is 0.255 e. The summed E-state index contributed by atoms with van der Waals surface area (Å²) >= 11 is 0. The summed E-state index contributed by atoms with van der Waals surface area (Å²) in [7, 11) is 4.64. The molecule has 0 aromatic heterocycles. The van der Waals surface area contributed by atoms with E-state index in [1.807, 2.05) is 50.2 Å². The minimum Gasteiger partial charge on any atom is -0.493 e. The molecule has 0 N–H and O–H groups in total. The molecule has 0 fully saturated rings. The van der Waals surface area contributed by atoms with Crippen LogP contribution in [0.15, 0.2) is 36.4 Å². The first-order chi connectivity index (χ1) is 15.0. The summed E-state index contributed by atoms with van der Waals surface area (Å²) in [6.45, 7) is 5.58. The minimum atomic E-state index is -0.471. The van der Waals surface area contributed by atoms with Crippen molar-refractivity contribution in [2.24, 2.45) is 0 Å². The Morgan fingerprint density at radius 1 is 1.03 bits per heavy atom. The van der Waals surface area contributed by atoms with Gasteiger partial charge in [-0.25, -0.2) is 0 Å². The molecule has 0 saturated heterocycles. The average Bonchev–Trinajstić information content (AvgIpc) is 3.13. The van der Waals surface area contributed by atoms with Gasteiger partial charge in [-0.15, -0.1) is 0 Å². The van der Waals surface area contributed by atoms with E-state index in [0.29, 0.717) is 42.4 Å². The van der Waals surface area contributed by atoms with E-state index in [2.05, 4.69) is 0 Å². The van der Waals surface area contributed by atoms with Crippen LogP contribution in [0.2, 0.25) is 0 Å². The number of benzene rings is 2. The second kappa shape index (κ2) is 9.73. The molecule has 2 aromatic carbocycles. The molecule has 0 aliphatic carbocycles. The highest BCUT2D eigenvalue weighted by Gasteiger charge is 2.36. The summed E-state index contributed by atoms with van der Waals surface area (Å²) in [5, 5.41) is 0. The molecule has 0 saturated carbocycles. The first-order valence-corrected chi connectivity index (χ1v) is 10.4.